The fourth-order valence-corrected chi connectivity index (χ4v) is 2.50. The standard InChI is InChI=1S/C15H20N4O/c1-19(2)13-5-3-12(4-6-13)15-17-14(18-20-15)11-7-9-16-10-8-11/h3-6,11,16H,7-10H2,1-2H3. The summed E-state index contributed by atoms with van der Waals surface area (Å²) < 4.78 is 5.41. The minimum Gasteiger partial charge on any atom is -0.378 e. The molecule has 0 radical (unpaired) electrons. The average Bonchev–Trinajstić information content (AvgIpc) is 2.98. The molecule has 1 aromatic heterocycles. The van der Waals surface area contributed by atoms with Crippen LogP contribution in [-0.2, 0) is 0 Å². The molecule has 0 spiro atoms. The Hall–Kier alpha value is -1.88. The number of benzene rings is 1. The normalized spacial score (nSPS) is 16.3. The minimum atomic E-state index is 0.426. The van der Waals surface area contributed by atoms with E-state index in [1.807, 2.05) is 26.2 Å². The van der Waals surface area contributed by atoms with Gasteiger partial charge in [-0.1, -0.05) is 5.16 Å². The molecule has 1 saturated heterocycles. The molecule has 0 unspecified atom stereocenters. The van der Waals surface area contributed by atoms with Crippen molar-refractivity contribution < 1.29 is 4.52 Å². The Labute approximate surface area is 119 Å². The summed E-state index contributed by atoms with van der Waals surface area (Å²) >= 11 is 0. The van der Waals surface area contributed by atoms with Crippen LogP contribution in [0.5, 0.6) is 0 Å². The number of rotatable bonds is 3. The monoisotopic (exact) mass is 272 g/mol. The van der Waals surface area contributed by atoms with Gasteiger partial charge >= 0.3 is 0 Å². The lowest BCUT2D eigenvalue weighted by molar-refractivity contribution is 0.392. The maximum absolute atomic E-state index is 5.41. The Morgan fingerprint density at radius 1 is 1.15 bits per heavy atom. The number of anilines is 1. The van der Waals surface area contributed by atoms with Gasteiger partial charge in [-0.15, -0.1) is 0 Å². The highest BCUT2D eigenvalue weighted by Crippen LogP contribution is 2.26. The van der Waals surface area contributed by atoms with E-state index < -0.39 is 0 Å². The molecule has 0 amide bonds. The van der Waals surface area contributed by atoms with Crippen molar-refractivity contribution in [1.82, 2.24) is 15.5 Å². The van der Waals surface area contributed by atoms with Gasteiger partial charge in [-0.2, -0.15) is 4.98 Å². The highest BCUT2D eigenvalue weighted by atomic mass is 16.5. The van der Waals surface area contributed by atoms with Crippen molar-refractivity contribution in [3.63, 3.8) is 0 Å². The predicted octanol–water partition coefficient (Wildman–Crippen LogP) is 2.27. The average molecular weight is 272 g/mol. The van der Waals surface area contributed by atoms with Gasteiger partial charge in [-0.05, 0) is 50.2 Å². The molecule has 0 saturated carbocycles. The van der Waals surface area contributed by atoms with Gasteiger partial charge in [0, 0.05) is 31.3 Å². The van der Waals surface area contributed by atoms with Crippen LogP contribution in [-0.4, -0.2) is 37.3 Å². The quantitative estimate of drug-likeness (QED) is 0.929. The summed E-state index contributed by atoms with van der Waals surface area (Å²) in [6, 6.07) is 8.16. The van der Waals surface area contributed by atoms with Crippen molar-refractivity contribution >= 4 is 5.69 Å². The minimum absolute atomic E-state index is 0.426. The van der Waals surface area contributed by atoms with E-state index in [0.717, 1.165) is 43.0 Å². The van der Waals surface area contributed by atoms with E-state index in [2.05, 4.69) is 32.5 Å². The van der Waals surface area contributed by atoms with E-state index in [4.69, 9.17) is 4.52 Å². The van der Waals surface area contributed by atoms with E-state index in [-0.39, 0.29) is 0 Å². The van der Waals surface area contributed by atoms with Crippen LogP contribution in [0.1, 0.15) is 24.6 Å². The van der Waals surface area contributed by atoms with Crippen LogP contribution < -0.4 is 10.2 Å². The summed E-state index contributed by atoms with van der Waals surface area (Å²) in [4.78, 5) is 6.63. The second kappa shape index (κ2) is 5.63. The Morgan fingerprint density at radius 2 is 1.85 bits per heavy atom. The summed E-state index contributed by atoms with van der Waals surface area (Å²) in [5, 5.41) is 7.50. The van der Waals surface area contributed by atoms with Crippen molar-refractivity contribution in [3.8, 4) is 11.5 Å². The fourth-order valence-electron chi connectivity index (χ4n) is 2.50. The lowest BCUT2D eigenvalue weighted by atomic mass is 9.98. The first-order chi connectivity index (χ1) is 9.74. The number of hydrogen-bond acceptors (Lipinski definition) is 5. The van der Waals surface area contributed by atoms with E-state index >= 15 is 0 Å². The molecule has 20 heavy (non-hydrogen) atoms. The maximum atomic E-state index is 5.41. The Morgan fingerprint density at radius 3 is 2.50 bits per heavy atom. The zero-order valence-corrected chi connectivity index (χ0v) is 12.0. The SMILES string of the molecule is CN(C)c1ccc(-c2nc(C3CCNCC3)no2)cc1. The molecule has 2 aromatic rings. The second-order valence-electron chi connectivity index (χ2n) is 5.42. The number of nitrogens with one attached hydrogen (secondary N) is 1. The zero-order valence-electron chi connectivity index (χ0n) is 12.0. The topological polar surface area (TPSA) is 54.2 Å². The molecule has 5 nitrogen and oxygen atoms in total. The number of hydrogen-bond donors (Lipinski definition) is 1. The molecule has 1 aliphatic rings. The van der Waals surface area contributed by atoms with Crippen molar-refractivity contribution in [2.75, 3.05) is 32.1 Å². The van der Waals surface area contributed by atoms with Gasteiger partial charge in [-0.3, -0.25) is 0 Å². The number of aromatic nitrogens is 2. The van der Waals surface area contributed by atoms with Gasteiger partial charge in [-0.25, -0.2) is 0 Å². The van der Waals surface area contributed by atoms with Crippen LogP contribution in [0.15, 0.2) is 28.8 Å². The summed E-state index contributed by atoms with van der Waals surface area (Å²) in [5.41, 5.74) is 2.13. The summed E-state index contributed by atoms with van der Waals surface area (Å²) in [7, 11) is 4.05. The number of nitrogens with zero attached hydrogens (tertiary/aromatic N) is 3. The third kappa shape index (κ3) is 2.67. The molecule has 1 aromatic carbocycles. The Kier molecular flexibility index (Phi) is 3.69. The molecule has 1 fully saturated rings. The van der Waals surface area contributed by atoms with Crippen molar-refractivity contribution in [2.24, 2.45) is 0 Å². The van der Waals surface area contributed by atoms with Gasteiger partial charge in [0.25, 0.3) is 5.89 Å². The van der Waals surface area contributed by atoms with Crippen LogP contribution in [0.25, 0.3) is 11.5 Å². The van der Waals surface area contributed by atoms with Gasteiger partial charge in [0.05, 0.1) is 0 Å². The van der Waals surface area contributed by atoms with Crippen molar-refractivity contribution in [3.05, 3.63) is 30.1 Å². The van der Waals surface area contributed by atoms with Gasteiger partial charge in [0.1, 0.15) is 0 Å². The van der Waals surface area contributed by atoms with Crippen LogP contribution in [0, 0.1) is 0 Å². The Balaban J connectivity index is 1.78. The van der Waals surface area contributed by atoms with Gasteiger partial charge < -0.3 is 14.7 Å². The molecule has 0 atom stereocenters. The third-order valence-corrected chi connectivity index (χ3v) is 3.78. The van der Waals surface area contributed by atoms with Crippen molar-refractivity contribution in [2.45, 2.75) is 18.8 Å². The molecule has 2 heterocycles. The first-order valence-electron chi connectivity index (χ1n) is 7.06. The molecule has 1 N–H and O–H groups in total. The molecule has 5 heteroatoms. The fraction of sp³-hybridized carbons (Fsp3) is 0.467. The molecular weight excluding hydrogens is 252 g/mol. The third-order valence-electron chi connectivity index (χ3n) is 3.78. The molecular formula is C15H20N4O. The van der Waals surface area contributed by atoms with Crippen LogP contribution in [0.3, 0.4) is 0 Å². The van der Waals surface area contributed by atoms with Crippen LogP contribution in [0.4, 0.5) is 5.69 Å². The smallest absolute Gasteiger partial charge is 0.257 e. The van der Waals surface area contributed by atoms with E-state index in [1.54, 1.807) is 0 Å². The van der Waals surface area contributed by atoms with Gasteiger partial charge in [0.15, 0.2) is 5.82 Å². The first-order valence-corrected chi connectivity index (χ1v) is 7.06. The lowest BCUT2D eigenvalue weighted by Gasteiger charge is -2.18. The summed E-state index contributed by atoms with van der Waals surface area (Å²) in [6.45, 7) is 2.07. The highest BCUT2D eigenvalue weighted by Gasteiger charge is 2.21. The molecule has 106 valence electrons. The largest absolute Gasteiger partial charge is 0.378 e. The molecule has 0 bridgehead atoms. The predicted molar refractivity (Wildman–Crippen MR) is 78.9 cm³/mol. The van der Waals surface area contributed by atoms with Gasteiger partial charge in [0.2, 0.25) is 0 Å². The van der Waals surface area contributed by atoms with E-state index in [0.29, 0.717) is 11.8 Å². The van der Waals surface area contributed by atoms with Crippen LogP contribution in [0.2, 0.25) is 0 Å². The van der Waals surface area contributed by atoms with Crippen molar-refractivity contribution in [1.29, 1.82) is 0 Å². The van der Waals surface area contributed by atoms with E-state index in [9.17, 15) is 0 Å². The molecule has 0 aliphatic carbocycles. The first kappa shape index (κ1) is 13.1. The lowest BCUT2D eigenvalue weighted by Crippen LogP contribution is -2.27. The maximum Gasteiger partial charge on any atom is 0.257 e. The number of piperidine rings is 1. The summed E-state index contributed by atoms with van der Waals surface area (Å²) in [6.07, 6.45) is 2.16. The van der Waals surface area contributed by atoms with E-state index in [1.165, 1.54) is 0 Å². The molecule has 1 aliphatic heterocycles. The van der Waals surface area contributed by atoms with Crippen LogP contribution >= 0.6 is 0 Å². The Bertz CT molecular complexity index is 556. The summed E-state index contributed by atoms with van der Waals surface area (Å²) in [5.74, 6) is 1.89. The highest BCUT2D eigenvalue weighted by molar-refractivity contribution is 5.58. The molecule has 3 rings (SSSR count). The zero-order chi connectivity index (χ0) is 13.9. The second-order valence-corrected chi connectivity index (χ2v) is 5.42.